The van der Waals surface area contributed by atoms with E-state index in [0.29, 0.717) is 16.5 Å². The summed E-state index contributed by atoms with van der Waals surface area (Å²) in [5, 5.41) is 41.2. The Labute approximate surface area is 223 Å². The zero-order valence-corrected chi connectivity index (χ0v) is 20.6. The molecule has 1 amide bonds. The number of aromatic nitrogens is 3. The Morgan fingerprint density at radius 2 is 1.90 bits per heavy atom. The lowest BCUT2D eigenvalue weighted by Crippen LogP contribution is -2.64. The number of carbonyl (C=O) groups is 1. The number of aliphatic hydroxyl groups excluding tert-OH is 3. The van der Waals surface area contributed by atoms with Crippen molar-refractivity contribution in [1.29, 1.82) is 0 Å². The van der Waals surface area contributed by atoms with Crippen molar-refractivity contribution < 1.29 is 47.2 Å². The lowest BCUT2D eigenvalue weighted by Gasteiger charge is -2.49. The Morgan fingerprint density at radius 1 is 1.18 bits per heavy atom. The molecule has 14 heteroatoms. The normalized spacial score (nSPS) is 28.5. The number of para-hydroxylation sites is 1. The van der Waals surface area contributed by atoms with Crippen LogP contribution in [0, 0.1) is 17.5 Å². The predicted molar refractivity (Wildman–Crippen MR) is 129 cm³/mol. The minimum Gasteiger partial charge on any atom is -0.451 e. The first-order valence-corrected chi connectivity index (χ1v) is 12.3. The standard InChI is InChI=1S/C26H23F3N4O7/c27-14-7-11(8-15(28)20(14)29)16-9-33(32-31-16)21-22(35)18(10-34)40-26(24(21)36)13(5-6-38-26)19-12-3-1-2-4-17(12)39-23(19)25(30)37/h1-4,7-9,13,18,21-22,24,34-36H,5-6,10H2,(H2,30,37)/t13-,18-,21+,22+,24-,26+/m1/s1. The molecule has 6 rings (SSSR count). The van der Waals surface area contributed by atoms with Crippen molar-refractivity contribution in [3.05, 3.63) is 71.4 Å². The fourth-order valence-electron chi connectivity index (χ4n) is 5.71. The van der Waals surface area contributed by atoms with Crippen molar-refractivity contribution in [3.8, 4) is 11.3 Å². The van der Waals surface area contributed by atoms with E-state index in [1.54, 1.807) is 24.3 Å². The van der Waals surface area contributed by atoms with Gasteiger partial charge < -0.3 is 34.9 Å². The number of rotatable bonds is 5. The van der Waals surface area contributed by atoms with E-state index in [1.807, 2.05) is 0 Å². The van der Waals surface area contributed by atoms with Crippen LogP contribution in [0.25, 0.3) is 22.2 Å². The van der Waals surface area contributed by atoms with E-state index in [2.05, 4.69) is 10.3 Å². The molecule has 0 radical (unpaired) electrons. The maximum Gasteiger partial charge on any atom is 0.284 e. The summed E-state index contributed by atoms with van der Waals surface area (Å²) in [5.74, 6) is -8.28. The number of ether oxygens (including phenoxy) is 2. The summed E-state index contributed by atoms with van der Waals surface area (Å²) < 4.78 is 60.0. The van der Waals surface area contributed by atoms with Crippen LogP contribution < -0.4 is 5.73 Å². The number of amides is 1. The largest absolute Gasteiger partial charge is 0.451 e. The second-order valence-electron chi connectivity index (χ2n) is 9.72. The number of halogens is 3. The van der Waals surface area contributed by atoms with Crippen molar-refractivity contribution in [1.82, 2.24) is 15.0 Å². The van der Waals surface area contributed by atoms with E-state index in [1.165, 1.54) is 6.20 Å². The van der Waals surface area contributed by atoms with Crippen LogP contribution in [0.5, 0.6) is 0 Å². The van der Waals surface area contributed by atoms with Gasteiger partial charge in [-0.1, -0.05) is 23.4 Å². The fourth-order valence-corrected chi connectivity index (χ4v) is 5.71. The Balaban J connectivity index is 1.45. The van der Waals surface area contributed by atoms with Crippen molar-refractivity contribution in [3.63, 3.8) is 0 Å². The highest BCUT2D eigenvalue weighted by atomic mass is 19.2. The highest BCUT2D eigenvalue weighted by Gasteiger charge is 2.62. The summed E-state index contributed by atoms with van der Waals surface area (Å²) in [7, 11) is 0. The fraction of sp³-hybridized carbons (Fsp3) is 0.346. The zero-order valence-electron chi connectivity index (χ0n) is 20.6. The average molecular weight is 560 g/mol. The molecule has 0 bridgehead atoms. The van der Waals surface area contributed by atoms with Gasteiger partial charge in [0, 0.05) is 22.4 Å². The number of fused-ring (bicyclic) bond motifs is 1. The van der Waals surface area contributed by atoms with Crippen molar-refractivity contribution in [2.24, 2.45) is 5.73 Å². The van der Waals surface area contributed by atoms with E-state index < -0.39 is 66.0 Å². The molecule has 0 saturated carbocycles. The molecule has 40 heavy (non-hydrogen) atoms. The van der Waals surface area contributed by atoms with Crippen LogP contribution in [-0.2, 0) is 9.47 Å². The van der Waals surface area contributed by atoms with E-state index in [0.717, 1.165) is 16.8 Å². The first-order valence-electron chi connectivity index (χ1n) is 12.3. The first-order chi connectivity index (χ1) is 19.2. The molecular weight excluding hydrogens is 537 g/mol. The van der Waals surface area contributed by atoms with Gasteiger partial charge in [0.2, 0.25) is 5.79 Å². The highest BCUT2D eigenvalue weighted by Crippen LogP contribution is 2.52. The van der Waals surface area contributed by atoms with Crippen LogP contribution in [0.4, 0.5) is 13.2 Å². The van der Waals surface area contributed by atoms with Gasteiger partial charge in [0.15, 0.2) is 23.2 Å². The van der Waals surface area contributed by atoms with Gasteiger partial charge in [0.25, 0.3) is 5.91 Å². The monoisotopic (exact) mass is 560 g/mol. The Morgan fingerprint density at radius 3 is 2.60 bits per heavy atom. The minimum absolute atomic E-state index is 0.0666. The average Bonchev–Trinajstić information content (AvgIpc) is 3.66. The molecule has 5 N–H and O–H groups in total. The molecular formula is C26H23F3N4O7. The molecule has 2 fully saturated rings. The van der Waals surface area contributed by atoms with E-state index in [9.17, 15) is 33.3 Å². The SMILES string of the molecule is NC(=O)c1oc2ccccc2c1[C@H]1CCO[C@]12O[C@H](CO)[C@H](O)[C@H](n1cc(-c3cc(F)c(F)c(F)c3)nn1)[C@H]2O. The van der Waals surface area contributed by atoms with Crippen LogP contribution in [0.1, 0.15) is 34.5 Å². The van der Waals surface area contributed by atoms with E-state index in [4.69, 9.17) is 19.6 Å². The van der Waals surface area contributed by atoms with Gasteiger partial charge in [-0.3, -0.25) is 4.79 Å². The lowest BCUT2D eigenvalue weighted by atomic mass is 9.79. The van der Waals surface area contributed by atoms with Crippen LogP contribution in [0.2, 0.25) is 0 Å². The van der Waals surface area contributed by atoms with Gasteiger partial charge >= 0.3 is 0 Å². The molecule has 2 aliphatic heterocycles. The van der Waals surface area contributed by atoms with Crippen LogP contribution in [0.3, 0.4) is 0 Å². The van der Waals surface area contributed by atoms with Gasteiger partial charge in [-0.05, 0) is 24.6 Å². The molecule has 0 aliphatic carbocycles. The topological polar surface area (TPSA) is 166 Å². The molecule has 2 aliphatic rings. The molecule has 210 valence electrons. The van der Waals surface area contributed by atoms with E-state index in [-0.39, 0.29) is 30.0 Å². The smallest absolute Gasteiger partial charge is 0.284 e. The third kappa shape index (κ3) is 3.90. The number of nitrogens with two attached hydrogens (primary N) is 1. The molecule has 0 unspecified atom stereocenters. The Kier molecular flexibility index (Phi) is 6.39. The molecule has 11 nitrogen and oxygen atoms in total. The summed E-state index contributed by atoms with van der Waals surface area (Å²) >= 11 is 0. The number of primary amides is 1. The molecule has 2 aromatic heterocycles. The number of carbonyl (C=O) groups excluding carboxylic acids is 1. The van der Waals surface area contributed by atoms with E-state index >= 15 is 0 Å². The van der Waals surface area contributed by atoms with Crippen LogP contribution in [0.15, 0.2) is 47.0 Å². The number of furan rings is 1. The number of aliphatic hydroxyl groups is 3. The van der Waals surface area contributed by atoms with Crippen molar-refractivity contribution in [2.45, 2.75) is 42.5 Å². The van der Waals surface area contributed by atoms with Gasteiger partial charge in [0.1, 0.15) is 35.6 Å². The zero-order chi connectivity index (χ0) is 28.3. The number of hydrogen-bond acceptors (Lipinski definition) is 9. The maximum absolute atomic E-state index is 13.8. The molecule has 4 heterocycles. The summed E-state index contributed by atoms with van der Waals surface area (Å²) in [6.07, 6.45) is -3.08. The van der Waals surface area contributed by atoms with Gasteiger partial charge in [0.05, 0.1) is 19.4 Å². The summed E-state index contributed by atoms with van der Waals surface area (Å²) in [6.45, 7) is -0.621. The second-order valence-corrected chi connectivity index (χ2v) is 9.72. The molecule has 6 atom stereocenters. The molecule has 4 aromatic rings. The lowest BCUT2D eigenvalue weighted by molar-refractivity contribution is -0.344. The van der Waals surface area contributed by atoms with Crippen LogP contribution in [-0.4, -0.2) is 73.5 Å². The molecule has 2 aromatic carbocycles. The highest BCUT2D eigenvalue weighted by molar-refractivity contribution is 5.98. The minimum atomic E-state index is -1.91. The van der Waals surface area contributed by atoms with Crippen molar-refractivity contribution in [2.75, 3.05) is 13.2 Å². The third-order valence-corrected chi connectivity index (χ3v) is 7.50. The van der Waals surface area contributed by atoms with Gasteiger partial charge in [-0.2, -0.15) is 0 Å². The van der Waals surface area contributed by atoms with Crippen molar-refractivity contribution >= 4 is 16.9 Å². The first kappa shape index (κ1) is 26.4. The third-order valence-electron chi connectivity index (χ3n) is 7.50. The molecule has 2 saturated heterocycles. The number of hydrogen-bond donors (Lipinski definition) is 4. The quantitative estimate of drug-likeness (QED) is 0.266. The van der Waals surface area contributed by atoms with Gasteiger partial charge in [-0.15, -0.1) is 5.10 Å². The number of nitrogens with zero attached hydrogens (tertiary/aromatic N) is 3. The Bertz CT molecular complexity index is 1590. The maximum atomic E-state index is 13.8. The summed E-state index contributed by atoms with van der Waals surface area (Å²) in [4.78, 5) is 12.4. The van der Waals surface area contributed by atoms with Crippen LogP contribution >= 0.6 is 0 Å². The second kappa shape index (κ2) is 9.67. The molecule has 1 spiro atoms. The predicted octanol–water partition coefficient (Wildman–Crippen LogP) is 1.76. The Hall–Kier alpha value is -3.82. The number of benzene rings is 2. The summed E-state index contributed by atoms with van der Waals surface area (Å²) in [6, 6.07) is 6.91. The van der Waals surface area contributed by atoms with Gasteiger partial charge in [-0.25, -0.2) is 17.9 Å². The summed E-state index contributed by atoms with van der Waals surface area (Å²) in [5.41, 5.74) is 6.11.